The third kappa shape index (κ3) is 6.59. The molecule has 0 bridgehead atoms. The first kappa shape index (κ1) is 21.9. The highest BCUT2D eigenvalue weighted by Crippen LogP contribution is 2.28. The van der Waals surface area contributed by atoms with Gasteiger partial charge in [0.2, 0.25) is 5.91 Å². The standard InChI is InChI=1S/C21H17F4N3O3/c22-20(23)30-17-8-6-15(18(10-17)31-21(24)25)7-9-19(29)26-11-14-12-27-28(13-14)16-4-2-1-3-5-16/h1-10,12-13,20-21H,11H2,(H,26,29)/b9-7+. The van der Waals surface area contributed by atoms with Crippen LogP contribution in [-0.2, 0) is 11.3 Å². The van der Waals surface area contributed by atoms with Gasteiger partial charge >= 0.3 is 13.2 Å². The Hall–Kier alpha value is -3.82. The monoisotopic (exact) mass is 435 g/mol. The number of carbonyl (C=O) groups excluding carboxylic acids is 1. The molecule has 2 aromatic carbocycles. The summed E-state index contributed by atoms with van der Waals surface area (Å²) in [5.41, 5.74) is 1.71. The van der Waals surface area contributed by atoms with Crippen LogP contribution in [0.15, 0.2) is 67.0 Å². The van der Waals surface area contributed by atoms with Crippen molar-refractivity contribution in [2.24, 2.45) is 0 Å². The highest BCUT2D eigenvalue weighted by atomic mass is 19.3. The minimum absolute atomic E-state index is 0.0916. The van der Waals surface area contributed by atoms with Gasteiger partial charge in [-0.3, -0.25) is 4.79 Å². The summed E-state index contributed by atoms with van der Waals surface area (Å²) in [6.07, 6.45) is 5.71. The number of amides is 1. The minimum Gasteiger partial charge on any atom is -0.435 e. The molecule has 31 heavy (non-hydrogen) atoms. The van der Waals surface area contributed by atoms with Crippen LogP contribution in [0.1, 0.15) is 11.1 Å². The quantitative estimate of drug-likeness (QED) is 0.400. The van der Waals surface area contributed by atoms with Crippen LogP contribution in [0.25, 0.3) is 11.8 Å². The number of halogens is 4. The number of nitrogens with one attached hydrogen (secondary N) is 1. The average molecular weight is 435 g/mol. The Morgan fingerprint density at radius 1 is 1.06 bits per heavy atom. The van der Waals surface area contributed by atoms with E-state index < -0.39 is 24.9 Å². The summed E-state index contributed by atoms with van der Waals surface area (Å²) in [4.78, 5) is 12.1. The third-order valence-corrected chi connectivity index (χ3v) is 3.96. The van der Waals surface area contributed by atoms with E-state index in [2.05, 4.69) is 19.9 Å². The van der Waals surface area contributed by atoms with Crippen LogP contribution in [0.5, 0.6) is 11.5 Å². The molecule has 3 rings (SSSR count). The summed E-state index contributed by atoms with van der Waals surface area (Å²) in [5.74, 6) is -1.24. The summed E-state index contributed by atoms with van der Waals surface area (Å²) in [6.45, 7) is -6.10. The SMILES string of the molecule is O=C(/C=C/c1ccc(OC(F)F)cc1OC(F)F)NCc1cnn(-c2ccccc2)c1. The minimum atomic E-state index is -3.18. The first-order valence-electron chi connectivity index (χ1n) is 8.99. The maximum absolute atomic E-state index is 12.6. The highest BCUT2D eigenvalue weighted by Gasteiger charge is 2.12. The fourth-order valence-corrected chi connectivity index (χ4v) is 2.61. The summed E-state index contributed by atoms with van der Waals surface area (Å²) >= 11 is 0. The lowest BCUT2D eigenvalue weighted by molar-refractivity contribution is -0.116. The average Bonchev–Trinajstić information content (AvgIpc) is 3.20. The van der Waals surface area contributed by atoms with Gasteiger partial charge < -0.3 is 14.8 Å². The van der Waals surface area contributed by atoms with Crippen molar-refractivity contribution in [2.75, 3.05) is 0 Å². The van der Waals surface area contributed by atoms with Crippen molar-refractivity contribution < 1.29 is 31.8 Å². The number of ether oxygens (including phenoxy) is 2. The van der Waals surface area contributed by atoms with Gasteiger partial charge in [0.05, 0.1) is 11.9 Å². The Bertz CT molecular complexity index is 1040. The molecule has 0 saturated carbocycles. The van der Waals surface area contributed by atoms with Crippen LogP contribution in [-0.4, -0.2) is 28.9 Å². The molecule has 0 atom stereocenters. The Balaban J connectivity index is 1.62. The zero-order valence-electron chi connectivity index (χ0n) is 15.9. The first-order chi connectivity index (χ1) is 14.9. The topological polar surface area (TPSA) is 65.4 Å². The number of carbonyl (C=O) groups is 1. The molecule has 0 aliphatic rings. The zero-order chi connectivity index (χ0) is 22.2. The molecule has 6 nitrogen and oxygen atoms in total. The summed E-state index contributed by atoms with van der Waals surface area (Å²) in [7, 11) is 0. The first-order valence-corrected chi connectivity index (χ1v) is 8.99. The van der Waals surface area contributed by atoms with Gasteiger partial charge in [0.15, 0.2) is 0 Å². The summed E-state index contributed by atoms with van der Waals surface area (Å²) in [6, 6.07) is 12.7. The van der Waals surface area contributed by atoms with E-state index in [0.717, 1.165) is 29.5 Å². The van der Waals surface area contributed by atoms with E-state index in [0.29, 0.717) is 0 Å². The maximum Gasteiger partial charge on any atom is 0.387 e. The van der Waals surface area contributed by atoms with Crippen LogP contribution in [0.4, 0.5) is 17.6 Å². The van der Waals surface area contributed by atoms with Gasteiger partial charge in [0.25, 0.3) is 0 Å². The number of aromatic nitrogens is 2. The number of hydrogen-bond donors (Lipinski definition) is 1. The number of alkyl halides is 4. The van der Waals surface area contributed by atoms with Crippen molar-refractivity contribution in [2.45, 2.75) is 19.8 Å². The molecule has 0 unspecified atom stereocenters. The summed E-state index contributed by atoms with van der Waals surface area (Å²) in [5, 5.41) is 6.86. The normalized spacial score (nSPS) is 11.3. The van der Waals surface area contributed by atoms with Crippen LogP contribution in [0, 0.1) is 0 Å². The number of nitrogens with zero attached hydrogens (tertiary/aromatic N) is 2. The maximum atomic E-state index is 12.6. The number of para-hydroxylation sites is 1. The van der Waals surface area contributed by atoms with Gasteiger partial charge in [0, 0.05) is 36.0 Å². The van der Waals surface area contributed by atoms with Gasteiger partial charge in [-0.15, -0.1) is 0 Å². The fourth-order valence-electron chi connectivity index (χ4n) is 2.61. The van der Waals surface area contributed by atoms with Crippen molar-refractivity contribution in [1.29, 1.82) is 0 Å². The van der Waals surface area contributed by atoms with Gasteiger partial charge in [0.1, 0.15) is 11.5 Å². The van der Waals surface area contributed by atoms with Crippen molar-refractivity contribution in [1.82, 2.24) is 15.1 Å². The van der Waals surface area contributed by atoms with Gasteiger partial charge in [-0.05, 0) is 30.3 Å². The van der Waals surface area contributed by atoms with Crippen LogP contribution in [0.3, 0.4) is 0 Å². The van der Waals surface area contributed by atoms with Gasteiger partial charge in [-0.1, -0.05) is 18.2 Å². The lowest BCUT2D eigenvalue weighted by atomic mass is 10.1. The summed E-state index contributed by atoms with van der Waals surface area (Å²) < 4.78 is 60.0. The molecule has 1 heterocycles. The predicted octanol–water partition coefficient (Wildman–Crippen LogP) is 4.40. The van der Waals surface area contributed by atoms with Gasteiger partial charge in [-0.25, -0.2) is 4.68 Å². The van der Waals surface area contributed by atoms with Gasteiger partial charge in [-0.2, -0.15) is 22.7 Å². The molecule has 0 fully saturated rings. The van der Waals surface area contributed by atoms with E-state index in [-0.39, 0.29) is 17.9 Å². The van der Waals surface area contributed by atoms with E-state index >= 15 is 0 Å². The van der Waals surface area contributed by atoms with Crippen molar-refractivity contribution in [3.8, 4) is 17.2 Å². The van der Waals surface area contributed by atoms with E-state index in [1.807, 2.05) is 30.3 Å². The van der Waals surface area contributed by atoms with Crippen LogP contribution >= 0.6 is 0 Å². The molecule has 0 radical (unpaired) electrons. The number of rotatable bonds is 9. The molecular weight excluding hydrogens is 418 g/mol. The smallest absolute Gasteiger partial charge is 0.387 e. The molecular formula is C21H17F4N3O3. The van der Waals surface area contributed by atoms with E-state index in [1.54, 1.807) is 17.1 Å². The lowest BCUT2D eigenvalue weighted by Crippen LogP contribution is -2.19. The molecule has 0 saturated heterocycles. The molecule has 1 aromatic heterocycles. The van der Waals surface area contributed by atoms with E-state index in [9.17, 15) is 22.4 Å². The molecule has 0 aliphatic carbocycles. The van der Waals surface area contributed by atoms with Crippen LogP contribution < -0.4 is 14.8 Å². The molecule has 0 spiro atoms. The second-order valence-corrected chi connectivity index (χ2v) is 6.14. The molecule has 10 heteroatoms. The molecule has 0 aliphatic heterocycles. The van der Waals surface area contributed by atoms with Crippen molar-refractivity contribution in [3.05, 3.63) is 78.1 Å². The second kappa shape index (κ2) is 10.3. The Morgan fingerprint density at radius 3 is 2.52 bits per heavy atom. The lowest BCUT2D eigenvalue weighted by Gasteiger charge is -2.11. The van der Waals surface area contributed by atoms with Crippen molar-refractivity contribution >= 4 is 12.0 Å². The Kier molecular flexibility index (Phi) is 7.26. The molecule has 162 valence electrons. The Labute approximate surface area is 174 Å². The Morgan fingerprint density at radius 2 is 1.81 bits per heavy atom. The third-order valence-electron chi connectivity index (χ3n) is 3.96. The van der Waals surface area contributed by atoms with E-state index in [4.69, 9.17) is 0 Å². The second-order valence-electron chi connectivity index (χ2n) is 6.14. The number of benzene rings is 2. The van der Waals surface area contributed by atoms with Crippen molar-refractivity contribution in [3.63, 3.8) is 0 Å². The largest absolute Gasteiger partial charge is 0.435 e. The van der Waals surface area contributed by atoms with Crippen LogP contribution in [0.2, 0.25) is 0 Å². The molecule has 1 amide bonds. The zero-order valence-corrected chi connectivity index (χ0v) is 15.9. The van der Waals surface area contributed by atoms with E-state index in [1.165, 1.54) is 12.1 Å². The predicted molar refractivity (Wildman–Crippen MR) is 104 cm³/mol. The molecule has 1 N–H and O–H groups in total. The molecule has 3 aromatic rings. The number of hydrogen-bond acceptors (Lipinski definition) is 4. The highest BCUT2D eigenvalue weighted by molar-refractivity contribution is 5.92. The fraction of sp³-hybridized carbons (Fsp3) is 0.143.